The maximum Gasteiger partial charge on any atom is 0.311 e. The third-order valence-corrected chi connectivity index (χ3v) is 1.83. The standard InChI is InChI=1S/C9H14N4O2/c1-4-10-8-6-5-7(13(14)15)9(11-8)12(2)3/h5-6H,4H2,1-3H3,(H,10,11). The Kier molecular flexibility index (Phi) is 3.43. The van der Waals surface area contributed by atoms with Crippen LogP contribution in [0.1, 0.15) is 6.92 Å². The zero-order valence-electron chi connectivity index (χ0n) is 9.02. The largest absolute Gasteiger partial charge is 0.370 e. The molecule has 0 bridgehead atoms. The summed E-state index contributed by atoms with van der Waals surface area (Å²) in [6, 6.07) is 3.06. The third kappa shape index (κ3) is 2.55. The number of anilines is 2. The minimum Gasteiger partial charge on any atom is -0.370 e. The summed E-state index contributed by atoms with van der Waals surface area (Å²) in [5, 5.41) is 13.7. The highest BCUT2D eigenvalue weighted by Crippen LogP contribution is 2.25. The predicted octanol–water partition coefficient (Wildman–Crippen LogP) is 1.49. The normalized spacial score (nSPS) is 9.80. The lowest BCUT2D eigenvalue weighted by atomic mass is 10.3. The number of pyridine rings is 1. The Bertz CT molecular complexity index is 365. The number of nitro groups is 1. The first-order valence-electron chi connectivity index (χ1n) is 4.63. The number of nitrogens with zero attached hydrogens (tertiary/aromatic N) is 3. The zero-order chi connectivity index (χ0) is 11.4. The molecule has 6 heteroatoms. The summed E-state index contributed by atoms with van der Waals surface area (Å²) >= 11 is 0. The first kappa shape index (κ1) is 11.2. The molecule has 1 aromatic heterocycles. The van der Waals surface area contributed by atoms with Crippen molar-refractivity contribution in [1.82, 2.24) is 4.98 Å². The van der Waals surface area contributed by atoms with Crippen LogP contribution in [0.2, 0.25) is 0 Å². The lowest BCUT2D eigenvalue weighted by molar-refractivity contribution is -0.384. The Morgan fingerprint density at radius 2 is 2.20 bits per heavy atom. The van der Waals surface area contributed by atoms with E-state index in [0.717, 1.165) is 6.54 Å². The fourth-order valence-electron chi connectivity index (χ4n) is 1.19. The molecule has 15 heavy (non-hydrogen) atoms. The Morgan fingerprint density at radius 3 is 2.67 bits per heavy atom. The summed E-state index contributed by atoms with van der Waals surface area (Å²) in [7, 11) is 3.45. The van der Waals surface area contributed by atoms with E-state index in [2.05, 4.69) is 10.3 Å². The van der Waals surface area contributed by atoms with Gasteiger partial charge < -0.3 is 10.2 Å². The van der Waals surface area contributed by atoms with Crippen molar-refractivity contribution < 1.29 is 4.92 Å². The van der Waals surface area contributed by atoms with E-state index in [4.69, 9.17) is 0 Å². The highest BCUT2D eigenvalue weighted by atomic mass is 16.6. The molecule has 0 aromatic carbocycles. The smallest absolute Gasteiger partial charge is 0.311 e. The Hall–Kier alpha value is -1.85. The molecule has 82 valence electrons. The molecule has 1 N–H and O–H groups in total. The fourth-order valence-corrected chi connectivity index (χ4v) is 1.19. The molecule has 1 aromatic rings. The van der Waals surface area contributed by atoms with E-state index in [1.807, 2.05) is 6.92 Å². The fraction of sp³-hybridized carbons (Fsp3) is 0.444. The molecule has 6 nitrogen and oxygen atoms in total. The van der Waals surface area contributed by atoms with Crippen molar-refractivity contribution >= 4 is 17.3 Å². The second-order valence-corrected chi connectivity index (χ2v) is 3.22. The van der Waals surface area contributed by atoms with Gasteiger partial charge in [-0.25, -0.2) is 4.98 Å². The van der Waals surface area contributed by atoms with Crippen molar-refractivity contribution in [3.63, 3.8) is 0 Å². The topological polar surface area (TPSA) is 71.3 Å². The summed E-state index contributed by atoms with van der Waals surface area (Å²) in [5.74, 6) is 1.00. The molecular formula is C9H14N4O2. The molecule has 0 aliphatic rings. The van der Waals surface area contributed by atoms with E-state index in [-0.39, 0.29) is 5.69 Å². The molecule has 0 unspecified atom stereocenters. The summed E-state index contributed by atoms with van der Waals surface area (Å²) < 4.78 is 0. The average Bonchev–Trinajstić information content (AvgIpc) is 2.17. The molecule has 0 spiro atoms. The van der Waals surface area contributed by atoms with Gasteiger partial charge in [-0.1, -0.05) is 0 Å². The minimum absolute atomic E-state index is 0.0154. The van der Waals surface area contributed by atoms with Gasteiger partial charge in [-0.05, 0) is 13.0 Å². The van der Waals surface area contributed by atoms with Gasteiger partial charge in [0.1, 0.15) is 5.82 Å². The van der Waals surface area contributed by atoms with Crippen molar-refractivity contribution in [3.05, 3.63) is 22.2 Å². The Morgan fingerprint density at radius 1 is 1.53 bits per heavy atom. The summed E-state index contributed by atoms with van der Waals surface area (Å²) in [4.78, 5) is 16.1. The van der Waals surface area contributed by atoms with Crippen molar-refractivity contribution in [2.24, 2.45) is 0 Å². The van der Waals surface area contributed by atoms with E-state index in [9.17, 15) is 10.1 Å². The van der Waals surface area contributed by atoms with Gasteiger partial charge in [-0.3, -0.25) is 10.1 Å². The summed E-state index contributed by atoms with van der Waals surface area (Å²) in [5.41, 5.74) is 0.0154. The second-order valence-electron chi connectivity index (χ2n) is 3.22. The van der Waals surface area contributed by atoms with E-state index >= 15 is 0 Å². The van der Waals surface area contributed by atoms with E-state index in [1.165, 1.54) is 6.07 Å². The molecule has 0 saturated carbocycles. The van der Waals surface area contributed by atoms with Crippen LogP contribution in [0.15, 0.2) is 12.1 Å². The number of aromatic nitrogens is 1. The molecule has 0 radical (unpaired) electrons. The van der Waals surface area contributed by atoms with Crippen LogP contribution in [0.5, 0.6) is 0 Å². The van der Waals surface area contributed by atoms with E-state index in [1.54, 1.807) is 25.1 Å². The van der Waals surface area contributed by atoms with Crippen molar-refractivity contribution in [2.45, 2.75) is 6.92 Å². The molecular weight excluding hydrogens is 196 g/mol. The molecule has 1 rings (SSSR count). The van der Waals surface area contributed by atoms with E-state index < -0.39 is 4.92 Å². The van der Waals surface area contributed by atoms with E-state index in [0.29, 0.717) is 11.6 Å². The van der Waals surface area contributed by atoms with Gasteiger partial charge in [-0.15, -0.1) is 0 Å². The maximum atomic E-state index is 10.7. The van der Waals surface area contributed by atoms with Crippen LogP contribution in [0.3, 0.4) is 0 Å². The van der Waals surface area contributed by atoms with Gasteiger partial charge in [0, 0.05) is 26.7 Å². The Labute approximate surface area is 88.1 Å². The predicted molar refractivity (Wildman–Crippen MR) is 59.4 cm³/mol. The minimum atomic E-state index is -0.432. The molecule has 0 saturated heterocycles. The third-order valence-electron chi connectivity index (χ3n) is 1.83. The van der Waals surface area contributed by atoms with Gasteiger partial charge in [0.2, 0.25) is 5.82 Å². The number of hydrogen-bond acceptors (Lipinski definition) is 5. The van der Waals surface area contributed by atoms with Crippen LogP contribution in [-0.4, -0.2) is 30.5 Å². The monoisotopic (exact) mass is 210 g/mol. The molecule has 0 amide bonds. The SMILES string of the molecule is CCNc1ccc([N+](=O)[O-])c(N(C)C)n1. The molecule has 0 aliphatic heterocycles. The van der Waals surface area contributed by atoms with Gasteiger partial charge in [0.15, 0.2) is 0 Å². The lowest BCUT2D eigenvalue weighted by Gasteiger charge is -2.12. The summed E-state index contributed by atoms with van der Waals surface area (Å²) in [6.45, 7) is 2.68. The number of nitrogens with one attached hydrogen (secondary N) is 1. The Balaban J connectivity index is 3.15. The molecule has 1 heterocycles. The number of rotatable bonds is 4. The molecule has 0 aliphatic carbocycles. The van der Waals surface area contributed by atoms with Gasteiger partial charge in [-0.2, -0.15) is 0 Å². The zero-order valence-corrected chi connectivity index (χ0v) is 9.02. The summed E-state index contributed by atoms with van der Waals surface area (Å²) in [6.07, 6.45) is 0. The highest BCUT2D eigenvalue weighted by molar-refractivity contribution is 5.60. The first-order chi connectivity index (χ1) is 7.06. The molecule has 0 fully saturated rings. The van der Waals surface area contributed by atoms with Crippen LogP contribution in [0.25, 0.3) is 0 Å². The van der Waals surface area contributed by atoms with Gasteiger partial charge in [0.05, 0.1) is 4.92 Å². The van der Waals surface area contributed by atoms with Gasteiger partial charge >= 0.3 is 5.69 Å². The van der Waals surface area contributed by atoms with Crippen molar-refractivity contribution in [1.29, 1.82) is 0 Å². The van der Waals surface area contributed by atoms with Gasteiger partial charge in [0.25, 0.3) is 0 Å². The second kappa shape index (κ2) is 4.59. The van der Waals surface area contributed by atoms with Crippen LogP contribution >= 0.6 is 0 Å². The van der Waals surface area contributed by atoms with Crippen LogP contribution in [0, 0.1) is 10.1 Å². The first-order valence-corrected chi connectivity index (χ1v) is 4.63. The lowest BCUT2D eigenvalue weighted by Crippen LogP contribution is -2.14. The van der Waals surface area contributed by atoms with Crippen LogP contribution in [0.4, 0.5) is 17.3 Å². The maximum absolute atomic E-state index is 10.7. The number of hydrogen-bond donors (Lipinski definition) is 1. The average molecular weight is 210 g/mol. The highest BCUT2D eigenvalue weighted by Gasteiger charge is 2.17. The van der Waals surface area contributed by atoms with Crippen molar-refractivity contribution in [3.8, 4) is 0 Å². The van der Waals surface area contributed by atoms with Crippen LogP contribution in [-0.2, 0) is 0 Å². The van der Waals surface area contributed by atoms with Crippen LogP contribution < -0.4 is 10.2 Å². The van der Waals surface area contributed by atoms with Crippen molar-refractivity contribution in [2.75, 3.05) is 30.9 Å². The molecule has 0 atom stereocenters. The quantitative estimate of drug-likeness (QED) is 0.602.